The molecule has 0 amide bonds. The normalized spacial score (nSPS) is 14.2. The Labute approximate surface area is 184 Å². The molecule has 1 aliphatic rings. The number of hydrogen-bond donors (Lipinski definition) is 0. The summed E-state index contributed by atoms with van der Waals surface area (Å²) in [4.78, 5) is 16.7. The lowest BCUT2D eigenvalue weighted by atomic mass is 10.1. The van der Waals surface area contributed by atoms with Crippen LogP contribution in [0, 0.1) is 0 Å². The van der Waals surface area contributed by atoms with E-state index in [0.29, 0.717) is 51.5 Å². The van der Waals surface area contributed by atoms with Crippen LogP contribution >= 0.6 is 11.6 Å². The van der Waals surface area contributed by atoms with Gasteiger partial charge in [0.1, 0.15) is 0 Å². The lowest BCUT2D eigenvalue weighted by Gasteiger charge is -2.13. The molecule has 0 spiro atoms. The Morgan fingerprint density at radius 3 is 2.10 bits per heavy atom. The van der Waals surface area contributed by atoms with Gasteiger partial charge in [-0.2, -0.15) is 0 Å². The summed E-state index contributed by atoms with van der Waals surface area (Å²) >= 11 is 6.31. The zero-order valence-corrected chi connectivity index (χ0v) is 18.5. The SMILES string of the molecule is CCOc1c(Cl)cc(/C=C2\N=C(c3cc(OC)c(OC)c(OC)c3)OC2=O)cc1OC. The van der Waals surface area contributed by atoms with Crippen molar-refractivity contribution in [1.82, 2.24) is 0 Å². The number of nitrogens with zero attached hydrogens (tertiary/aromatic N) is 1. The number of aliphatic imine (C=N–C) groups is 1. The third kappa shape index (κ3) is 4.54. The summed E-state index contributed by atoms with van der Waals surface area (Å²) in [5.74, 6) is 1.63. The monoisotopic (exact) mass is 447 g/mol. The van der Waals surface area contributed by atoms with Crippen LogP contribution in [-0.4, -0.2) is 46.9 Å². The van der Waals surface area contributed by atoms with E-state index in [1.807, 2.05) is 6.92 Å². The standard InChI is InChI=1S/C22H22ClNO7/c1-6-30-19-14(23)7-12(9-16(19)26-2)8-15-22(25)31-21(24-15)13-10-17(27-3)20(29-5)18(11-13)28-4/h7-11H,6H2,1-5H3/b15-8-. The fourth-order valence-corrected chi connectivity index (χ4v) is 3.28. The molecule has 31 heavy (non-hydrogen) atoms. The molecule has 8 nitrogen and oxygen atoms in total. The van der Waals surface area contributed by atoms with Crippen molar-refractivity contribution in [3.63, 3.8) is 0 Å². The average Bonchev–Trinajstić information content (AvgIpc) is 3.14. The van der Waals surface area contributed by atoms with Crippen molar-refractivity contribution in [3.05, 3.63) is 46.1 Å². The van der Waals surface area contributed by atoms with Crippen molar-refractivity contribution >= 4 is 29.5 Å². The first-order chi connectivity index (χ1) is 14.9. The Balaban J connectivity index is 2.01. The van der Waals surface area contributed by atoms with Crippen molar-refractivity contribution in [2.24, 2.45) is 4.99 Å². The number of carbonyl (C=O) groups is 1. The van der Waals surface area contributed by atoms with E-state index in [4.69, 9.17) is 40.0 Å². The fourth-order valence-electron chi connectivity index (χ4n) is 3.00. The number of carbonyl (C=O) groups excluding carboxylic acids is 1. The van der Waals surface area contributed by atoms with E-state index in [9.17, 15) is 4.79 Å². The Morgan fingerprint density at radius 1 is 0.935 bits per heavy atom. The second-order valence-corrected chi connectivity index (χ2v) is 6.62. The number of cyclic esters (lactones) is 1. The van der Waals surface area contributed by atoms with Gasteiger partial charge in [-0.05, 0) is 42.8 Å². The van der Waals surface area contributed by atoms with Crippen LogP contribution in [0.25, 0.3) is 6.08 Å². The molecule has 1 heterocycles. The Bertz CT molecular complexity index is 1040. The van der Waals surface area contributed by atoms with E-state index >= 15 is 0 Å². The smallest absolute Gasteiger partial charge is 0.363 e. The maximum atomic E-state index is 12.4. The molecular formula is C22H22ClNO7. The number of hydrogen-bond acceptors (Lipinski definition) is 8. The van der Waals surface area contributed by atoms with Crippen LogP contribution in [0.3, 0.4) is 0 Å². The number of esters is 1. The third-order valence-electron chi connectivity index (χ3n) is 4.38. The first-order valence-electron chi connectivity index (χ1n) is 9.28. The van der Waals surface area contributed by atoms with Crippen LogP contribution in [0.5, 0.6) is 28.7 Å². The number of methoxy groups -OCH3 is 4. The molecule has 0 unspecified atom stereocenters. The van der Waals surface area contributed by atoms with E-state index in [0.717, 1.165) is 0 Å². The van der Waals surface area contributed by atoms with Crippen LogP contribution in [0.2, 0.25) is 5.02 Å². The molecule has 0 saturated carbocycles. The molecular weight excluding hydrogens is 426 g/mol. The Morgan fingerprint density at radius 2 is 1.55 bits per heavy atom. The van der Waals surface area contributed by atoms with Crippen LogP contribution in [0.4, 0.5) is 0 Å². The van der Waals surface area contributed by atoms with E-state index in [2.05, 4.69) is 4.99 Å². The van der Waals surface area contributed by atoms with Crippen LogP contribution in [0.1, 0.15) is 18.1 Å². The van der Waals surface area contributed by atoms with E-state index in [1.165, 1.54) is 28.4 Å². The molecule has 0 bridgehead atoms. The fraction of sp³-hybridized carbons (Fsp3) is 0.273. The number of halogens is 1. The first kappa shape index (κ1) is 22.3. The molecule has 0 fully saturated rings. The zero-order chi connectivity index (χ0) is 22.5. The predicted molar refractivity (Wildman–Crippen MR) is 116 cm³/mol. The summed E-state index contributed by atoms with van der Waals surface area (Å²) in [7, 11) is 6.01. The van der Waals surface area contributed by atoms with Crippen molar-refractivity contribution < 1.29 is 33.2 Å². The van der Waals surface area contributed by atoms with Crippen LogP contribution < -0.4 is 23.7 Å². The second-order valence-electron chi connectivity index (χ2n) is 6.22. The van der Waals surface area contributed by atoms with E-state index in [-0.39, 0.29) is 11.6 Å². The number of ether oxygens (including phenoxy) is 6. The van der Waals surface area contributed by atoms with Gasteiger partial charge in [0.05, 0.1) is 40.1 Å². The highest BCUT2D eigenvalue weighted by atomic mass is 35.5. The highest BCUT2D eigenvalue weighted by Crippen LogP contribution is 2.40. The van der Waals surface area contributed by atoms with Crippen molar-refractivity contribution in [3.8, 4) is 28.7 Å². The molecule has 0 radical (unpaired) electrons. The summed E-state index contributed by atoms with van der Waals surface area (Å²) in [6.45, 7) is 2.28. The Hall–Kier alpha value is -3.39. The first-order valence-corrected chi connectivity index (χ1v) is 9.66. The molecule has 164 valence electrons. The molecule has 0 N–H and O–H groups in total. The summed E-state index contributed by atoms with van der Waals surface area (Å²) in [5.41, 5.74) is 1.20. The van der Waals surface area contributed by atoms with Gasteiger partial charge in [-0.15, -0.1) is 0 Å². The molecule has 2 aromatic carbocycles. The molecule has 0 aliphatic carbocycles. The van der Waals surface area contributed by atoms with Gasteiger partial charge < -0.3 is 28.4 Å². The van der Waals surface area contributed by atoms with Crippen LogP contribution in [0.15, 0.2) is 35.0 Å². The van der Waals surface area contributed by atoms with E-state index < -0.39 is 5.97 Å². The van der Waals surface area contributed by atoms with Crippen molar-refractivity contribution in [1.29, 1.82) is 0 Å². The minimum absolute atomic E-state index is 0.103. The average molecular weight is 448 g/mol. The van der Waals surface area contributed by atoms with Gasteiger partial charge >= 0.3 is 5.97 Å². The van der Waals surface area contributed by atoms with Crippen molar-refractivity contribution in [2.45, 2.75) is 6.92 Å². The van der Waals surface area contributed by atoms with Gasteiger partial charge in [-0.25, -0.2) is 9.79 Å². The lowest BCUT2D eigenvalue weighted by Crippen LogP contribution is -2.07. The lowest BCUT2D eigenvalue weighted by molar-refractivity contribution is -0.129. The second kappa shape index (κ2) is 9.61. The minimum atomic E-state index is -0.604. The van der Waals surface area contributed by atoms with E-state index in [1.54, 1.807) is 30.3 Å². The van der Waals surface area contributed by atoms with Gasteiger partial charge in [-0.3, -0.25) is 0 Å². The predicted octanol–water partition coefficient (Wildman–Crippen LogP) is 4.12. The maximum absolute atomic E-state index is 12.4. The van der Waals surface area contributed by atoms with Gasteiger partial charge in [0.25, 0.3) is 0 Å². The number of rotatable bonds is 8. The molecule has 0 atom stereocenters. The highest BCUT2D eigenvalue weighted by Gasteiger charge is 2.27. The largest absolute Gasteiger partial charge is 0.493 e. The summed E-state index contributed by atoms with van der Waals surface area (Å²) in [6.07, 6.45) is 1.55. The molecule has 2 aromatic rings. The number of benzene rings is 2. The van der Waals surface area contributed by atoms with Gasteiger partial charge in [0, 0.05) is 5.56 Å². The topological polar surface area (TPSA) is 84.8 Å². The third-order valence-corrected chi connectivity index (χ3v) is 4.66. The van der Waals surface area contributed by atoms with Gasteiger partial charge in [0.15, 0.2) is 28.7 Å². The van der Waals surface area contributed by atoms with Crippen LogP contribution in [-0.2, 0) is 9.53 Å². The molecule has 3 rings (SSSR count). The summed E-state index contributed by atoms with van der Waals surface area (Å²) in [5, 5.41) is 0.355. The minimum Gasteiger partial charge on any atom is -0.493 e. The summed E-state index contributed by atoms with van der Waals surface area (Å²) < 4.78 is 32.2. The quantitative estimate of drug-likeness (QED) is 0.444. The molecule has 0 saturated heterocycles. The molecule has 1 aliphatic heterocycles. The van der Waals surface area contributed by atoms with Gasteiger partial charge in [0.2, 0.25) is 11.6 Å². The maximum Gasteiger partial charge on any atom is 0.363 e. The molecule has 0 aromatic heterocycles. The summed E-state index contributed by atoms with van der Waals surface area (Å²) in [6, 6.07) is 6.65. The van der Waals surface area contributed by atoms with Crippen molar-refractivity contribution in [2.75, 3.05) is 35.0 Å². The molecule has 9 heteroatoms. The zero-order valence-electron chi connectivity index (χ0n) is 17.8. The van der Waals surface area contributed by atoms with Gasteiger partial charge in [-0.1, -0.05) is 11.6 Å². The Kier molecular flexibility index (Phi) is 6.91. The highest BCUT2D eigenvalue weighted by molar-refractivity contribution is 6.32.